The Labute approximate surface area is 172 Å². The van der Waals surface area contributed by atoms with Crippen LogP contribution in [0, 0.1) is 21.4 Å². The SMILES string of the molecule is COc1cc([N+](=O)[O-])ccc1NC(=O)[C@H](C)OC(=O)[C@H](C)Oc1ccc(C#N)cc1. The van der Waals surface area contributed by atoms with Crippen LogP contribution in [0.1, 0.15) is 19.4 Å². The molecule has 2 atom stereocenters. The van der Waals surface area contributed by atoms with E-state index in [-0.39, 0.29) is 17.1 Å². The zero-order chi connectivity index (χ0) is 22.3. The van der Waals surface area contributed by atoms with E-state index in [2.05, 4.69) is 5.32 Å². The minimum absolute atomic E-state index is 0.0913. The Balaban J connectivity index is 1.96. The minimum atomic E-state index is -1.16. The topological polar surface area (TPSA) is 141 Å². The largest absolute Gasteiger partial charge is 0.494 e. The first-order chi connectivity index (χ1) is 14.2. The number of rotatable bonds is 8. The summed E-state index contributed by atoms with van der Waals surface area (Å²) in [4.78, 5) is 34.8. The first-order valence-corrected chi connectivity index (χ1v) is 8.75. The van der Waals surface area contributed by atoms with Gasteiger partial charge in [0, 0.05) is 6.07 Å². The molecular formula is C20H19N3O7. The van der Waals surface area contributed by atoms with Crippen LogP contribution in [0.4, 0.5) is 11.4 Å². The Morgan fingerprint density at radius 2 is 1.80 bits per heavy atom. The second-order valence-corrected chi connectivity index (χ2v) is 6.11. The molecule has 10 nitrogen and oxygen atoms in total. The molecule has 0 spiro atoms. The molecule has 10 heteroatoms. The van der Waals surface area contributed by atoms with Crippen molar-refractivity contribution in [2.24, 2.45) is 0 Å². The molecule has 30 heavy (non-hydrogen) atoms. The molecule has 0 aliphatic carbocycles. The number of hydrogen-bond donors (Lipinski definition) is 1. The van der Waals surface area contributed by atoms with Crippen LogP contribution in [-0.4, -0.2) is 36.1 Å². The Morgan fingerprint density at radius 3 is 2.37 bits per heavy atom. The van der Waals surface area contributed by atoms with Crippen molar-refractivity contribution in [1.82, 2.24) is 0 Å². The maximum atomic E-state index is 12.3. The van der Waals surface area contributed by atoms with Crippen LogP contribution in [0.5, 0.6) is 11.5 Å². The lowest BCUT2D eigenvalue weighted by Gasteiger charge is -2.18. The van der Waals surface area contributed by atoms with Gasteiger partial charge in [-0.05, 0) is 44.2 Å². The van der Waals surface area contributed by atoms with Gasteiger partial charge in [0.2, 0.25) is 0 Å². The number of carbonyl (C=O) groups is 2. The number of amides is 1. The monoisotopic (exact) mass is 413 g/mol. The van der Waals surface area contributed by atoms with E-state index in [4.69, 9.17) is 19.5 Å². The van der Waals surface area contributed by atoms with Crippen molar-refractivity contribution < 1.29 is 28.7 Å². The average molecular weight is 413 g/mol. The van der Waals surface area contributed by atoms with Crippen LogP contribution in [0.2, 0.25) is 0 Å². The van der Waals surface area contributed by atoms with Crippen molar-refractivity contribution >= 4 is 23.3 Å². The third kappa shape index (κ3) is 5.68. The zero-order valence-electron chi connectivity index (χ0n) is 16.4. The number of benzene rings is 2. The molecule has 0 saturated carbocycles. The summed E-state index contributed by atoms with van der Waals surface area (Å²) in [6, 6.07) is 11.8. The summed E-state index contributed by atoms with van der Waals surface area (Å²) in [5.41, 5.74) is 0.445. The molecule has 0 unspecified atom stereocenters. The fraction of sp³-hybridized carbons (Fsp3) is 0.250. The van der Waals surface area contributed by atoms with Gasteiger partial charge in [-0.3, -0.25) is 14.9 Å². The molecule has 0 aliphatic rings. The van der Waals surface area contributed by atoms with E-state index in [0.29, 0.717) is 11.3 Å². The van der Waals surface area contributed by atoms with Crippen molar-refractivity contribution in [2.75, 3.05) is 12.4 Å². The van der Waals surface area contributed by atoms with Gasteiger partial charge < -0.3 is 19.5 Å². The number of nitrogens with zero attached hydrogens (tertiary/aromatic N) is 2. The first kappa shape index (κ1) is 22.2. The predicted octanol–water partition coefficient (Wildman–Crippen LogP) is 2.81. The number of carbonyl (C=O) groups excluding carboxylic acids is 2. The third-order valence-corrected chi connectivity index (χ3v) is 3.94. The summed E-state index contributed by atoms with van der Waals surface area (Å²) in [7, 11) is 1.31. The van der Waals surface area contributed by atoms with Crippen LogP contribution in [0.25, 0.3) is 0 Å². The molecule has 1 amide bonds. The summed E-state index contributed by atoms with van der Waals surface area (Å²) in [6.45, 7) is 2.84. The maximum Gasteiger partial charge on any atom is 0.347 e. The van der Waals surface area contributed by atoms with Gasteiger partial charge in [-0.25, -0.2) is 4.79 Å². The van der Waals surface area contributed by atoms with Crippen molar-refractivity contribution in [3.05, 3.63) is 58.1 Å². The Morgan fingerprint density at radius 1 is 1.13 bits per heavy atom. The average Bonchev–Trinajstić information content (AvgIpc) is 2.74. The van der Waals surface area contributed by atoms with Crippen molar-refractivity contribution in [3.63, 3.8) is 0 Å². The summed E-state index contributed by atoms with van der Waals surface area (Å²) in [6.07, 6.45) is -2.16. The number of anilines is 1. The highest BCUT2D eigenvalue weighted by atomic mass is 16.6. The fourth-order valence-corrected chi connectivity index (χ4v) is 2.31. The van der Waals surface area contributed by atoms with E-state index < -0.39 is 29.0 Å². The number of ether oxygens (including phenoxy) is 3. The number of nitro benzene ring substituents is 1. The Kier molecular flexibility index (Phi) is 7.30. The normalized spacial score (nSPS) is 12.1. The van der Waals surface area contributed by atoms with E-state index >= 15 is 0 Å². The molecule has 156 valence electrons. The molecule has 2 aromatic carbocycles. The number of esters is 1. The standard InChI is InChI=1S/C20H19N3O7/c1-12(19(24)22-17-9-6-15(23(26)27)10-18(17)28-3)30-20(25)13(2)29-16-7-4-14(11-21)5-8-16/h4-10,12-13H,1-3H3,(H,22,24)/t12-,13-/m0/s1. The lowest BCUT2D eigenvalue weighted by molar-refractivity contribution is -0.384. The molecule has 0 aliphatic heterocycles. The number of nitriles is 1. The highest BCUT2D eigenvalue weighted by molar-refractivity contribution is 5.96. The van der Waals surface area contributed by atoms with Crippen LogP contribution in [0.15, 0.2) is 42.5 Å². The van der Waals surface area contributed by atoms with E-state index in [1.807, 2.05) is 6.07 Å². The number of methoxy groups -OCH3 is 1. The van der Waals surface area contributed by atoms with E-state index in [1.165, 1.54) is 39.2 Å². The molecule has 2 aromatic rings. The van der Waals surface area contributed by atoms with Gasteiger partial charge in [0.25, 0.3) is 11.6 Å². The smallest absolute Gasteiger partial charge is 0.347 e. The Hall–Kier alpha value is -4.13. The molecular weight excluding hydrogens is 394 g/mol. The minimum Gasteiger partial charge on any atom is -0.494 e. The van der Waals surface area contributed by atoms with Crippen molar-refractivity contribution in [3.8, 4) is 17.6 Å². The third-order valence-electron chi connectivity index (χ3n) is 3.94. The van der Waals surface area contributed by atoms with Crippen LogP contribution < -0.4 is 14.8 Å². The number of non-ortho nitro benzene ring substituents is 1. The lowest BCUT2D eigenvalue weighted by atomic mass is 10.2. The highest BCUT2D eigenvalue weighted by Gasteiger charge is 2.24. The molecule has 0 bridgehead atoms. The zero-order valence-corrected chi connectivity index (χ0v) is 16.4. The van der Waals surface area contributed by atoms with Crippen molar-refractivity contribution in [1.29, 1.82) is 5.26 Å². The molecule has 0 aromatic heterocycles. The van der Waals surface area contributed by atoms with Gasteiger partial charge in [0.05, 0.1) is 35.4 Å². The van der Waals surface area contributed by atoms with Gasteiger partial charge in [0.1, 0.15) is 11.5 Å². The van der Waals surface area contributed by atoms with Gasteiger partial charge in [-0.1, -0.05) is 0 Å². The molecule has 0 saturated heterocycles. The van der Waals surface area contributed by atoms with Crippen molar-refractivity contribution in [2.45, 2.75) is 26.1 Å². The van der Waals surface area contributed by atoms with Gasteiger partial charge in [0.15, 0.2) is 12.2 Å². The molecule has 2 rings (SSSR count). The maximum absolute atomic E-state index is 12.3. The van der Waals surface area contributed by atoms with Gasteiger partial charge in [-0.15, -0.1) is 0 Å². The molecule has 1 N–H and O–H groups in total. The summed E-state index contributed by atoms with van der Waals surface area (Å²) in [5, 5.41) is 22.1. The predicted molar refractivity (Wildman–Crippen MR) is 105 cm³/mol. The van der Waals surface area contributed by atoms with E-state index in [1.54, 1.807) is 24.3 Å². The molecule has 0 radical (unpaired) electrons. The van der Waals surface area contributed by atoms with Crippen LogP contribution in [-0.2, 0) is 14.3 Å². The van der Waals surface area contributed by atoms with Crippen LogP contribution in [0.3, 0.4) is 0 Å². The fourth-order valence-electron chi connectivity index (χ4n) is 2.31. The first-order valence-electron chi connectivity index (χ1n) is 8.75. The Bertz CT molecular complexity index is 983. The number of hydrogen-bond acceptors (Lipinski definition) is 8. The van der Waals surface area contributed by atoms with E-state index in [9.17, 15) is 19.7 Å². The lowest BCUT2D eigenvalue weighted by Crippen LogP contribution is -2.35. The number of nitro groups is 1. The quantitative estimate of drug-likeness (QED) is 0.396. The second kappa shape index (κ2) is 9.88. The van der Waals surface area contributed by atoms with Crippen LogP contribution >= 0.6 is 0 Å². The van der Waals surface area contributed by atoms with E-state index in [0.717, 1.165) is 0 Å². The highest BCUT2D eigenvalue weighted by Crippen LogP contribution is 2.29. The second-order valence-electron chi connectivity index (χ2n) is 6.11. The summed E-state index contributed by atoms with van der Waals surface area (Å²) >= 11 is 0. The molecule has 0 heterocycles. The summed E-state index contributed by atoms with van der Waals surface area (Å²) in [5.74, 6) is -0.960. The number of nitrogens with one attached hydrogen (secondary N) is 1. The summed E-state index contributed by atoms with van der Waals surface area (Å²) < 4.78 is 15.6. The molecule has 0 fully saturated rings. The van der Waals surface area contributed by atoms with Gasteiger partial charge >= 0.3 is 5.97 Å². The van der Waals surface area contributed by atoms with Gasteiger partial charge in [-0.2, -0.15) is 5.26 Å².